The minimum atomic E-state index is 0.342. The predicted molar refractivity (Wildman–Crippen MR) is 188 cm³/mol. The van der Waals surface area contributed by atoms with Gasteiger partial charge in [-0.1, -0.05) is 93.7 Å². The van der Waals surface area contributed by atoms with Gasteiger partial charge in [-0.25, -0.2) is 4.99 Å². The fourth-order valence-corrected chi connectivity index (χ4v) is 11.3. The first kappa shape index (κ1) is 29.7. The van der Waals surface area contributed by atoms with Crippen molar-refractivity contribution in [3.8, 4) is 0 Å². The molecule has 228 valence electrons. The minimum Gasteiger partial charge on any atom is -0.326 e. The number of aliphatic imine (C=N–C) groups is 2. The van der Waals surface area contributed by atoms with Crippen LogP contribution in [0.4, 0.5) is 0 Å². The molecule has 43 heavy (non-hydrogen) atoms. The van der Waals surface area contributed by atoms with E-state index < -0.39 is 0 Å². The van der Waals surface area contributed by atoms with Crippen molar-refractivity contribution in [2.75, 3.05) is 17.3 Å². The summed E-state index contributed by atoms with van der Waals surface area (Å²) in [6, 6.07) is 11.7. The highest BCUT2D eigenvalue weighted by Crippen LogP contribution is 2.48. The Hall–Kier alpha value is -1.98. The second kappa shape index (κ2) is 14.0. The molecule has 3 aliphatic heterocycles. The average molecular weight is 612 g/mol. The summed E-state index contributed by atoms with van der Waals surface area (Å²) in [5.74, 6) is 7.83. The molecule has 0 N–H and O–H groups in total. The van der Waals surface area contributed by atoms with Crippen molar-refractivity contribution in [1.29, 1.82) is 0 Å². The van der Waals surface area contributed by atoms with Crippen molar-refractivity contribution in [3.05, 3.63) is 83.1 Å². The Kier molecular flexibility index (Phi) is 9.66. The lowest BCUT2D eigenvalue weighted by atomic mass is 9.77. The van der Waals surface area contributed by atoms with Crippen molar-refractivity contribution in [2.24, 2.45) is 27.7 Å². The first-order chi connectivity index (χ1) is 21.3. The normalized spacial score (nSPS) is 35.0. The third-order valence-corrected chi connectivity index (χ3v) is 13.3. The zero-order chi connectivity index (χ0) is 29.0. The topological polar surface area (TPSA) is 28.0 Å². The highest BCUT2D eigenvalue weighted by molar-refractivity contribution is 8.04. The quantitative estimate of drug-likeness (QED) is 0.341. The second-order valence-electron chi connectivity index (χ2n) is 13.5. The van der Waals surface area contributed by atoms with E-state index in [0.29, 0.717) is 35.1 Å². The van der Waals surface area contributed by atoms with Crippen molar-refractivity contribution < 1.29 is 0 Å². The van der Waals surface area contributed by atoms with E-state index in [1.807, 2.05) is 0 Å². The molecular weight excluding hydrogens is 563 g/mol. The zero-order valence-corrected chi connectivity index (χ0v) is 27.6. The van der Waals surface area contributed by atoms with E-state index in [1.165, 1.54) is 98.6 Å². The Balaban J connectivity index is 1.29. The third kappa shape index (κ3) is 6.54. The van der Waals surface area contributed by atoms with Gasteiger partial charge in [-0.2, -0.15) is 23.5 Å². The number of nitrogens with zero attached hydrogens (tertiary/aromatic N) is 3. The summed E-state index contributed by atoms with van der Waals surface area (Å²) in [6.07, 6.45) is 27.7. The van der Waals surface area contributed by atoms with Gasteiger partial charge in [0.15, 0.2) is 5.84 Å². The molecule has 0 radical (unpaired) electrons. The molecule has 7 rings (SSSR count). The van der Waals surface area contributed by atoms with E-state index in [2.05, 4.69) is 96.1 Å². The van der Waals surface area contributed by atoms with Gasteiger partial charge in [0, 0.05) is 40.6 Å². The van der Waals surface area contributed by atoms with Crippen LogP contribution in [-0.4, -0.2) is 51.2 Å². The first-order valence-corrected chi connectivity index (χ1v) is 19.4. The molecule has 0 spiro atoms. The highest BCUT2D eigenvalue weighted by atomic mass is 32.2. The summed E-state index contributed by atoms with van der Waals surface area (Å²) in [7, 11) is 0. The lowest BCUT2D eigenvalue weighted by Gasteiger charge is -2.39. The van der Waals surface area contributed by atoms with E-state index in [1.54, 1.807) is 11.1 Å². The fourth-order valence-electron chi connectivity index (χ4n) is 8.55. The highest BCUT2D eigenvalue weighted by Gasteiger charge is 2.45. The molecule has 2 saturated carbocycles. The van der Waals surface area contributed by atoms with Gasteiger partial charge in [0.25, 0.3) is 0 Å². The van der Waals surface area contributed by atoms with Crippen LogP contribution in [0.15, 0.2) is 87.5 Å². The van der Waals surface area contributed by atoms with Gasteiger partial charge in [-0.3, -0.25) is 4.99 Å². The summed E-state index contributed by atoms with van der Waals surface area (Å²) < 4.78 is 0. The van der Waals surface area contributed by atoms with Gasteiger partial charge in [0.2, 0.25) is 0 Å². The molecule has 3 nitrogen and oxygen atoms in total. The maximum Gasteiger partial charge on any atom is 0.156 e. The van der Waals surface area contributed by atoms with Crippen molar-refractivity contribution in [1.82, 2.24) is 4.90 Å². The van der Waals surface area contributed by atoms with Crippen LogP contribution < -0.4 is 0 Å². The van der Waals surface area contributed by atoms with Crippen LogP contribution in [0.1, 0.15) is 89.5 Å². The number of allylic oxidation sites excluding steroid dienone is 5. The van der Waals surface area contributed by atoms with Crippen LogP contribution in [-0.2, 0) is 0 Å². The van der Waals surface area contributed by atoms with Crippen LogP contribution >= 0.6 is 23.5 Å². The van der Waals surface area contributed by atoms with Gasteiger partial charge < -0.3 is 4.90 Å². The molecule has 3 heterocycles. The SMILES string of the molecule is CC1/C=C(C2CSCCCS2)\C=C/C/C=C\C2=C1[C@@H]1CCCCC1N2C1=NC(c2ccccc2)=NC(C2CCCCC2)C1. The molecule has 3 aliphatic carbocycles. The van der Waals surface area contributed by atoms with E-state index in [9.17, 15) is 0 Å². The van der Waals surface area contributed by atoms with Gasteiger partial charge in [0.05, 0.1) is 6.04 Å². The Morgan fingerprint density at radius 1 is 0.860 bits per heavy atom. The summed E-state index contributed by atoms with van der Waals surface area (Å²) in [5.41, 5.74) is 5.88. The van der Waals surface area contributed by atoms with Gasteiger partial charge in [-0.15, -0.1) is 0 Å². The number of rotatable bonds is 3. The van der Waals surface area contributed by atoms with E-state index in [0.717, 1.165) is 18.7 Å². The van der Waals surface area contributed by atoms with E-state index >= 15 is 0 Å². The number of hydrogen-bond acceptors (Lipinski definition) is 5. The van der Waals surface area contributed by atoms with Crippen molar-refractivity contribution in [3.63, 3.8) is 0 Å². The van der Waals surface area contributed by atoms with Crippen LogP contribution in [0.2, 0.25) is 0 Å². The van der Waals surface area contributed by atoms with Gasteiger partial charge in [0.1, 0.15) is 5.84 Å². The predicted octanol–water partition coefficient (Wildman–Crippen LogP) is 9.63. The Morgan fingerprint density at radius 3 is 2.56 bits per heavy atom. The monoisotopic (exact) mass is 611 g/mol. The van der Waals surface area contributed by atoms with Crippen LogP contribution in [0.25, 0.3) is 0 Å². The Bertz CT molecular complexity index is 1310. The molecular formula is C38H49N3S2. The number of thioether (sulfide) groups is 2. The number of fused-ring (bicyclic) bond motifs is 2. The molecule has 1 aromatic carbocycles. The zero-order valence-electron chi connectivity index (χ0n) is 26.0. The molecule has 1 saturated heterocycles. The maximum atomic E-state index is 5.47. The van der Waals surface area contributed by atoms with Gasteiger partial charge in [-0.05, 0) is 79.1 Å². The lowest BCUT2D eigenvalue weighted by Crippen LogP contribution is -2.44. The third-order valence-electron chi connectivity index (χ3n) is 10.6. The first-order valence-electron chi connectivity index (χ1n) is 17.2. The number of amidine groups is 2. The molecule has 0 amide bonds. The molecule has 1 aromatic rings. The standard InChI is InChI=1S/C38H49N3S2/c1-27-24-30(35-26-42-22-13-23-43-35)18-9-4-10-21-34-37(27)31-19-11-12-20-33(31)41(34)36-25-32(28-14-5-2-6-15-28)39-38(40-36)29-16-7-3-8-17-29/h3,7-10,16-18,21,24,27-28,31-33,35H,2,4-6,11-15,19-20,22-23,25-26H2,1H3/b18-9-,21-10-,30-24+/t27?,31-,32?,33?,35?/m1/s1. The average Bonchev–Trinajstić information content (AvgIpc) is 3.17. The molecule has 3 fully saturated rings. The van der Waals surface area contributed by atoms with Crippen LogP contribution in [0.3, 0.4) is 0 Å². The van der Waals surface area contributed by atoms with Crippen molar-refractivity contribution >= 4 is 35.2 Å². The molecule has 0 aromatic heterocycles. The lowest BCUT2D eigenvalue weighted by molar-refractivity contribution is 0.248. The Labute approximate surface area is 268 Å². The molecule has 0 bridgehead atoms. The molecule has 4 unspecified atom stereocenters. The van der Waals surface area contributed by atoms with Crippen molar-refractivity contribution in [2.45, 2.75) is 101 Å². The van der Waals surface area contributed by atoms with Crippen LogP contribution in [0.5, 0.6) is 0 Å². The van der Waals surface area contributed by atoms with E-state index in [-0.39, 0.29) is 0 Å². The summed E-state index contributed by atoms with van der Waals surface area (Å²) in [5, 5.41) is 0.613. The van der Waals surface area contributed by atoms with Crippen LogP contribution in [0, 0.1) is 17.8 Å². The maximum absolute atomic E-state index is 5.47. The molecule has 5 heteroatoms. The second-order valence-corrected chi connectivity index (χ2v) is 15.9. The number of benzene rings is 1. The largest absolute Gasteiger partial charge is 0.326 e. The minimum absolute atomic E-state index is 0.342. The summed E-state index contributed by atoms with van der Waals surface area (Å²) >= 11 is 4.34. The number of hydrogen-bond donors (Lipinski definition) is 0. The van der Waals surface area contributed by atoms with E-state index in [4.69, 9.17) is 9.98 Å². The summed E-state index contributed by atoms with van der Waals surface area (Å²) in [4.78, 5) is 13.6. The fraction of sp³-hybridized carbons (Fsp3) is 0.579. The smallest absolute Gasteiger partial charge is 0.156 e. The summed E-state index contributed by atoms with van der Waals surface area (Å²) in [6.45, 7) is 2.49. The van der Waals surface area contributed by atoms with Gasteiger partial charge >= 0.3 is 0 Å². The molecule has 5 atom stereocenters. The molecule has 6 aliphatic rings. The Morgan fingerprint density at radius 2 is 1.67 bits per heavy atom.